The van der Waals surface area contributed by atoms with Gasteiger partial charge in [0.1, 0.15) is 0 Å². The zero-order valence-electron chi connectivity index (χ0n) is 22.5. The Hall–Kier alpha value is -0.870. The summed E-state index contributed by atoms with van der Waals surface area (Å²) in [5, 5.41) is 32.4. The lowest BCUT2D eigenvalue weighted by molar-refractivity contribution is -0.232. The maximum absolute atomic E-state index is 12.8. The van der Waals surface area contributed by atoms with E-state index < -0.39 is 23.6 Å². The molecule has 4 heteroatoms. The van der Waals surface area contributed by atoms with Gasteiger partial charge in [-0.2, -0.15) is 0 Å². The SMILES string of the molecule is C[C@@H]1CCC2(C(=O)O)CC[C@]3(C)C(=CCC4[C@@]5(C)C[C@@H](O)[C@H](O)C(C)(C)C5CC[C@]43C)C2[C@H]1C. The van der Waals surface area contributed by atoms with Crippen molar-refractivity contribution in [3.63, 3.8) is 0 Å². The second-order valence-corrected chi connectivity index (χ2v) is 14.6. The van der Waals surface area contributed by atoms with Crippen molar-refractivity contribution in [1.29, 1.82) is 0 Å². The molecule has 5 aliphatic carbocycles. The fourth-order valence-electron chi connectivity index (χ4n) is 11.0. The fraction of sp³-hybridized carbons (Fsp3) is 0.900. The van der Waals surface area contributed by atoms with E-state index in [4.69, 9.17) is 0 Å². The molecule has 0 amide bonds. The van der Waals surface area contributed by atoms with Gasteiger partial charge in [0.2, 0.25) is 0 Å². The van der Waals surface area contributed by atoms with Gasteiger partial charge in [-0.05, 0) is 103 Å². The smallest absolute Gasteiger partial charge is 0.310 e. The number of allylic oxidation sites excluding steroid dienone is 2. The van der Waals surface area contributed by atoms with Gasteiger partial charge >= 0.3 is 5.97 Å². The number of rotatable bonds is 1. The van der Waals surface area contributed by atoms with Gasteiger partial charge in [0, 0.05) is 0 Å². The van der Waals surface area contributed by atoms with E-state index in [1.54, 1.807) is 0 Å². The van der Waals surface area contributed by atoms with E-state index in [0.29, 0.717) is 30.1 Å². The van der Waals surface area contributed by atoms with Crippen molar-refractivity contribution in [3.05, 3.63) is 11.6 Å². The molecule has 0 spiro atoms. The number of carboxylic acids is 1. The molecular weight excluding hydrogens is 424 g/mol. The Bertz CT molecular complexity index is 907. The lowest BCUT2D eigenvalue weighted by Gasteiger charge is -2.71. The van der Waals surface area contributed by atoms with Crippen LogP contribution in [0.15, 0.2) is 11.6 Å². The maximum atomic E-state index is 12.8. The Labute approximate surface area is 206 Å². The molecular formula is C30H48O4. The average Bonchev–Trinajstić information content (AvgIpc) is 2.75. The molecule has 34 heavy (non-hydrogen) atoms. The Balaban J connectivity index is 1.62. The minimum atomic E-state index is -0.679. The van der Waals surface area contributed by atoms with Crippen LogP contribution >= 0.6 is 0 Å². The summed E-state index contributed by atoms with van der Waals surface area (Å²) in [6.45, 7) is 16.3. The molecule has 3 N–H and O–H groups in total. The van der Waals surface area contributed by atoms with Gasteiger partial charge in [0.05, 0.1) is 17.6 Å². The first kappa shape index (κ1) is 24.8. The molecule has 4 nitrogen and oxygen atoms in total. The second-order valence-electron chi connectivity index (χ2n) is 14.6. The molecule has 11 atom stereocenters. The highest BCUT2D eigenvalue weighted by Gasteiger charge is 2.70. The zero-order chi connectivity index (χ0) is 25.1. The highest BCUT2D eigenvalue weighted by Crippen LogP contribution is 2.75. The molecule has 4 fully saturated rings. The monoisotopic (exact) mass is 472 g/mol. The molecule has 0 aliphatic heterocycles. The molecule has 5 aliphatic rings. The lowest BCUT2D eigenvalue weighted by atomic mass is 9.33. The van der Waals surface area contributed by atoms with Crippen molar-refractivity contribution >= 4 is 5.97 Å². The fourth-order valence-corrected chi connectivity index (χ4v) is 11.0. The van der Waals surface area contributed by atoms with Gasteiger partial charge in [0.15, 0.2) is 0 Å². The summed E-state index contributed by atoms with van der Waals surface area (Å²) >= 11 is 0. The third kappa shape index (κ3) is 2.76. The molecule has 0 aromatic heterocycles. The predicted molar refractivity (Wildman–Crippen MR) is 134 cm³/mol. The van der Waals surface area contributed by atoms with Crippen LogP contribution in [-0.4, -0.2) is 33.5 Å². The first-order chi connectivity index (χ1) is 15.7. The van der Waals surface area contributed by atoms with Crippen LogP contribution in [0.25, 0.3) is 0 Å². The topological polar surface area (TPSA) is 77.8 Å². The highest BCUT2D eigenvalue weighted by molar-refractivity contribution is 5.76. The summed E-state index contributed by atoms with van der Waals surface area (Å²) < 4.78 is 0. The van der Waals surface area contributed by atoms with E-state index >= 15 is 0 Å². The minimum Gasteiger partial charge on any atom is -0.481 e. The van der Waals surface area contributed by atoms with Gasteiger partial charge in [-0.25, -0.2) is 0 Å². The molecule has 0 aromatic rings. The second kappa shape index (κ2) is 7.34. The first-order valence-electron chi connectivity index (χ1n) is 14.0. The Morgan fingerprint density at radius 1 is 0.941 bits per heavy atom. The van der Waals surface area contributed by atoms with Crippen LogP contribution < -0.4 is 0 Å². The number of hydrogen-bond acceptors (Lipinski definition) is 3. The predicted octanol–water partition coefficient (Wildman–Crippen LogP) is 6.06. The molecule has 0 heterocycles. The molecule has 0 aromatic carbocycles. The largest absolute Gasteiger partial charge is 0.481 e. The average molecular weight is 473 g/mol. The number of aliphatic hydroxyl groups excluding tert-OH is 2. The van der Waals surface area contributed by atoms with E-state index in [1.807, 2.05) is 0 Å². The summed E-state index contributed by atoms with van der Waals surface area (Å²) in [5.41, 5.74) is 0.574. The minimum absolute atomic E-state index is 0.00993. The van der Waals surface area contributed by atoms with Crippen LogP contribution in [0.4, 0.5) is 0 Å². The number of aliphatic hydroxyl groups is 2. The molecule has 0 saturated heterocycles. The number of hydrogen-bond donors (Lipinski definition) is 3. The van der Waals surface area contributed by atoms with Crippen molar-refractivity contribution in [2.75, 3.05) is 0 Å². The van der Waals surface area contributed by atoms with Gasteiger partial charge in [0.25, 0.3) is 0 Å². The lowest BCUT2D eigenvalue weighted by Crippen LogP contribution is -2.67. The van der Waals surface area contributed by atoms with Crippen molar-refractivity contribution in [1.82, 2.24) is 0 Å². The van der Waals surface area contributed by atoms with Crippen LogP contribution in [0.2, 0.25) is 0 Å². The van der Waals surface area contributed by atoms with E-state index in [1.165, 1.54) is 5.57 Å². The number of carboxylic acid groups (broad SMARTS) is 1. The van der Waals surface area contributed by atoms with Gasteiger partial charge in [-0.15, -0.1) is 0 Å². The van der Waals surface area contributed by atoms with Crippen LogP contribution in [0.3, 0.4) is 0 Å². The molecule has 0 bridgehead atoms. The molecule has 0 radical (unpaired) electrons. The zero-order valence-corrected chi connectivity index (χ0v) is 22.5. The third-order valence-electron chi connectivity index (χ3n) is 13.4. The van der Waals surface area contributed by atoms with Crippen molar-refractivity contribution in [2.45, 2.75) is 112 Å². The van der Waals surface area contributed by atoms with Crippen LogP contribution in [-0.2, 0) is 4.79 Å². The van der Waals surface area contributed by atoms with Gasteiger partial charge in [-0.3, -0.25) is 4.79 Å². The van der Waals surface area contributed by atoms with E-state index in [0.717, 1.165) is 44.9 Å². The van der Waals surface area contributed by atoms with Gasteiger partial charge in [-0.1, -0.05) is 60.1 Å². The summed E-state index contributed by atoms with van der Waals surface area (Å²) in [6.07, 6.45) is 8.53. The summed E-state index contributed by atoms with van der Waals surface area (Å²) in [5.74, 6) is 1.30. The molecule has 5 rings (SSSR count). The summed E-state index contributed by atoms with van der Waals surface area (Å²) in [7, 11) is 0. The van der Waals surface area contributed by atoms with E-state index in [-0.39, 0.29) is 27.6 Å². The van der Waals surface area contributed by atoms with Crippen LogP contribution in [0, 0.1) is 56.7 Å². The van der Waals surface area contributed by atoms with E-state index in [9.17, 15) is 20.1 Å². The third-order valence-corrected chi connectivity index (χ3v) is 13.4. The first-order valence-corrected chi connectivity index (χ1v) is 14.0. The van der Waals surface area contributed by atoms with Gasteiger partial charge < -0.3 is 15.3 Å². The summed E-state index contributed by atoms with van der Waals surface area (Å²) in [4.78, 5) is 12.8. The maximum Gasteiger partial charge on any atom is 0.310 e. The van der Waals surface area contributed by atoms with Crippen LogP contribution in [0.1, 0.15) is 99.8 Å². The Morgan fingerprint density at radius 2 is 1.62 bits per heavy atom. The Kier molecular flexibility index (Phi) is 5.36. The van der Waals surface area contributed by atoms with Crippen molar-refractivity contribution in [2.24, 2.45) is 56.7 Å². The molecule has 192 valence electrons. The normalized spacial score (nSPS) is 56.3. The number of carbonyl (C=O) groups is 1. The van der Waals surface area contributed by atoms with Crippen molar-refractivity contribution < 1.29 is 20.1 Å². The number of aliphatic carboxylic acids is 1. The van der Waals surface area contributed by atoms with Crippen molar-refractivity contribution in [3.8, 4) is 0 Å². The van der Waals surface area contributed by atoms with Crippen LogP contribution in [0.5, 0.6) is 0 Å². The summed E-state index contributed by atoms with van der Waals surface area (Å²) in [6, 6.07) is 0. The number of fused-ring (bicyclic) bond motifs is 7. The molecule has 4 unspecified atom stereocenters. The van der Waals surface area contributed by atoms with E-state index in [2.05, 4.69) is 54.5 Å². The Morgan fingerprint density at radius 3 is 2.26 bits per heavy atom. The quantitative estimate of drug-likeness (QED) is 0.405. The standard InChI is InChI=1S/C30H48O4/c1-17-10-13-30(25(33)34)15-14-28(6)19(23(30)18(17)2)8-9-22-27(5)16-20(31)24(32)26(3,4)21(27)11-12-29(22,28)7/h8,17-18,20-24,31-32H,9-16H2,1-7H3,(H,33,34)/t17-,18+,20-,21?,22?,23?,24+,27+,28-,29-,30?/m1/s1. The molecule has 4 saturated carbocycles. The highest BCUT2D eigenvalue weighted by atomic mass is 16.4.